The van der Waals surface area contributed by atoms with Gasteiger partial charge in [0.2, 0.25) is 0 Å². The first-order valence-electron chi connectivity index (χ1n) is 11.1. The molecule has 3 atom stereocenters. The fraction of sp³-hybridized carbons (Fsp3) is 0.583. The summed E-state index contributed by atoms with van der Waals surface area (Å²) in [4.78, 5) is 28.0. The minimum Gasteiger partial charge on any atom is -0.348 e. The fourth-order valence-corrected chi connectivity index (χ4v) is 5.36. The summed E-state index contributed by atoms with van der Waals surface area (Å²) in [6.45, 7) is 7.75. The molecule has 0 aromatic carbocycles. The van der Waals surface area contributed by atoms with Crippen LogP contribution in [0.15, 0.2) is 33.1 Å². The first-order chi connectivity index (χ1) is 14.7. The van der Waals surface area contributed by atoms with Crippen LogP contribution in [0, 0.1) is 19.8 Å². The topological polar surface area (TPSA) is 80.4 Å². The van der Waals surface area contributed by atoms with Crippen molar-refractivity contribution >= 4 is 17.5 Å². The van der Waals surface area contributed by atoms with Crippen LogP contribution in [0.1, 0.15) is 62.8 Å². The van der Waals surface area contributed by atoms with Crippen LogP contribution in [0.5, 0.6) is 0 Å². The van der Waals surface area contributed by atoms with E-state index in [0.717, 1.165) is 29.7 Å². The van der Waals surface area contributed by atoms with Gasteiger partial charge >= 0.3 is 0 Å². The smallest absolute Gasteiger partial charge is 0.253 e. The van der Waals surface area contributed by atoms with Gasteiger partial charge in [-0.2, -0.15) is 0 Å². The van der Waals surface area contributed by atoms with Crippen LogP contribution in [0.3, 0.4) is 0 Å². The lowest BCUT2D eigenvalue weighted by atomic mass is 9.84. The number of hydrogen-bond acceptors (Lipinski definition) is 4. The highest BCUT2D eigenvalue weighted by Crippen LogP contribution is 2.47. The Balaban J connectivity index is 1.52. The van der Waals surface area contributed by atoms with Gasteiger partial charge in [0, 0.05) is 29.3 Å². The first-order valence-corrected chi connectivity index (χ1v) is 11.5. The second kappa shape index (κ2) is 8.57. The van der Waals surface area contributed by atoms with E-state index in [0.29, 0.717) is 22.1 Å². The summed E-state index contributed by atoms with van der Waals surface area (Å²) >= 11 is 6.56. The van der Waals surface area contributed by atoms with Crippen LogP contribution in [-0.2, 0) is 20.8 Å². The zero-order valence-corrected chi connectivity index (χ0v) is 19.4. The molecule has 1 aliphatic heterocycles. The number of ether oxygens (including phenoxy) is 2. The Morgan fingerprint density at radius 1 is 1.19 bits per heavy atom. The van der Waals surface area contributed by atoms with Gasteiger partial charge in [0.25, 0.3) is 11.5 Å². The molecule has 2 N–H and O–H groups in total. The van der Waals surface area contributed by atoms with E-state index in [9.17, 15) is 9.59 Å². The molecule has 7 heteroatoms. The number of fused-ring (bicyclic) bond motifs is 1. The van der Waals surface area contributed by atoms with E-state index in [1.807, 2.05) is 33.8 Å². The van der Waals surface area contributed by atoms with Crippen molar-refractivity contribution in [2.24, 2.45) is 5.92 Å². The molecule has 0 radical (unpaired) electrons. The zero-order chi connectivity index (χ0) is 22.3. The number of carbonyl (C=O) groups is 1. The SMILES string of the molecule is CC1=C(C(=O)NCc2c(C)cc(C)[nH]c2=O)C=C(Cl)C2O[C@](C)(C3CCCCC3)OC12. The Labute approximate surface area is 188 Å². The van der Waals surface area contributed by atoms with E-state index < -0.39 is 5.79 Å². The normalized spacial score (nSPS) is 29.0. The van der Waals surface area contributed by atoms with Gasteiger partial charge in [-0.15, -0.1) is 0 Å². The number of carbonyl (C=O) groups excluding carboxylic acids is 1. The van der Waals surface area contributed by atoms with Gasteiger partial charge in [-0.05, 0) is 63.8 Å². The van der Waals surface area contributed by atoms with Crippen molar-refractivity contribution < 1.29 is 14.3 Å². The minimum atomic E-state index is -0.691. The molecule has 4 rings (SSSR count). The maximum Gasteiger partial charge on any atom is 0.253 e. The van der Waals surface area contributed by atoms with Crippen molar-refractivity contribution in [3.05, 3.63) is 55.5 Å². The summed E-state index contributed by atoms with van der Waals surface area (Å²) in [7, 11) is 0. The van der Waals surface area contributed by atoms with Crippen molar-refractivity contribution in [1.29, 1.82) is 0 Å². The number of amides is 1. The van der Waals surface area contributed by atoms with Crippen LogP contribution in [0.2, 0.25) is 0 Å². The first kappa shape index (κ1) is 22.3. The zero-order valence-electron chi connectivity index (χ0n) is 18.6. The molecular formula is C24H31ClN2O4. The largest absolute Gasteiger partial charge is 0.348 e. The Kier molecular flexibility index (Phi) is 6.16. The Bertz CT molecular complexity index is 1010. The van der Waals surface area contributed by atoms with E-state index in [-0.39, 0.29) is 30.2 Å². The maximum absolute atomic E-state index is 13.0. The van der Waals surface area contributed by atoms with Crippen molar-refractivity contribution in [2.75, 3.05) is 0 Å². The lowest BCUT2D eigenvalue weighted by molar-refractivity contribution is -0.199. The van der Waals surface area contributed by atoms with Gasteiger partial charge < -0.3 is 19.8 Å². The van der Waals surface area contributed by atoms with Crippen molar-refractivity contribution in [3.8, 4) is 0 Å². The predicted octanol–water partition coefficient (Wildman–Crippen LogP) is 4.14. The van der Waals surface area contributed by atoms with Gasteiger partial charge in [0.05, 0.1) is 5.03 Å². The average molecular weight is 447 g/mol. The third-order valence-corrected chi connectivity index (χ3v) is 7.24. The molecule has 31 heavy (non-hydrogen) atoms. The summed E-state index contributed by atoms with van der Waals surface area (Å²) in [5.41, 5.74) is 3.29. The summed E-state index contributed by atoms with van der Waals surface area (Å²) in [6, 6.07) is 1.89. The molecule has 1 saturated heterocycles. The third-order valence-electron chi connectivity index (χ3n) is 6.91. The molecule has 2 unspecified atom stereocenters. The van der Waals surface area contributed by atoms with E-state index in [2.05, 4.69) is 10.3 Å². The number of rotatable bonds is 4. The molecule has 2 heterocycles. The van der Waals surface area contributed by atoms with E-state index in [1.54, 1.807) is 6.08 Å². The molecule has 0 bridgehead atoms. The van der Waals surface area contributed by atoms with Crippen LogP contribution < -0.4 is 10.9 Å². The monoisotopic (exact) mass is 446 g/mol. The van der Waals surface area contributed by atoms with Crippen LogP contribution in [0.25, 0.3) is 0 Å². The van der Waals surface area contributed by atoms with Crippen molar-refractivity contribution in [1.82, 2.24) is 10.3 Å². The summed E-state index contributed by atoms with van der Waals surface area (Å²) < 4.78 is 12.8. The van der Waals surface area contributed by atoms with Gasteiger partial charge in [-0.3, -0.25) is 9.59 Å². The van der Waals surface area contributed by atoms with E-state index in [1.165, 1.54) is 19.3 Å². The standard InChI is InChI=1S/C24H31ClN2O4/c1-13-10-14(2)27-23(29)18(13)12-26-22(28)17-11-19(25)21-20(15(17)3)30-24(4,31-21)16-8-6-5-7-9-16/h10-11,16,20-21H,5-9,12H2,1-4H3,(H,26,28)(H,27,29)/t20?,21?,24-/m1/s1. The Morgan fingerprint density at radius 2 is 1.87 bits per heavy atom. The number of hydrogen-bond donors (Lipinski definition) is 2. The third kappa shape index (κ3) is 4.26. The number of aryl methyl sites for hydroxylation is 2. The van der Waals surface area contributed by atoms with E-state index >= 15 is 0 Å². The molecule has 6 nitrogen and oxygen atoms in total. The molecule has 2 fully saturated rings. The number of halogens is 1. The van der Waals surface area contributed by atoms with Gasteiger partial charge in [-0.1, -0.05) is 30.9 Å². The van der Waals surface area contributed by atoms with Gasteiger partial charge in [0.1, 0.15) is 12.2 Å². The van der Waals surface area contributed by atoms with E-state index in [4.69, 9.17) is 21.1 Å². The summed E-state index contributed by atoms with van der Waals surface area (Å²) in [6.07, 6.45) is 6.71. The second-order valence-corrected chi connectivity index (χ2v) is 9.62. The maximum atomic E-state index is 13.0. The Morgan fingerprint density at radius 3 is 2.55 bits per heavy atom. The molecule has 1 aromatic rings. The number of nitrogens with one attached hydrogen (secondary N) is 2. The molecule has 2 aliphatic carbocycles. The highest BCUT2D eigenvalue weighted by molar-refractivity contribution is 6.31. The molecule has 1 amide bonds. The molecule has 1 aromatic heterocycles. The van der Waals surface area contributed by atoms with Crippen LogP contribution in [-0.4, -0.2) is 28.9 Å². The van der Waals surface area contributed by atoms with Gasteiger partial charge in [0.15, 0.2) is 5.79 Å². The molecule has 1 saturated carbocycles. The second-order valence-electron chi connectivity index (χ2n) is 9.18. The Hall–Kier alpha value is -1.89. The average Bonchev–Trinajstić information content (AvgIpc) is 3.10. The molecule has 0 spiro atoms. The molecule has 168 valence electrons. The number of H-pyrrole nitrogens is 1. The summed E-state index contributed by atoms with van der Waals surface area (Å²) in [5.74, 6) is -0.635. The highest BCUT2D eigenvalue weighted by atomic mass is 35.5. The molecular weight excluding hydrogens is 416 g/mol. The number of pyridine rings is 1. The minimum absolute atomic E-state index is 0.147. The van der Waals surface area contributed by atoms with Gasteiger partial charge in [-0.25, -0.2) is 0 Å². The number of aromatic amines is 1. The summed E-state index contributed by atoms with van der Waals surface area (Å²) in [5, 5.41) is 3.34. The van der Waals surface area contributed by atoms with Crippen LogP contribution >= 0.6 is 11.6 Å². The lowest BCUT2D eigenvalue weighted by Gasteiger charge is -2.35. The van der Waals surface area contributed by atoms with Crippen molar-refractivity contribution in [3.63, 3.8) is 0 Å². The fourth-order valence-electron chi connectivity index (χ4n) is 5.09. The van der Waals surface area contributed by atoms with Crippen LogP contribution in [0.4, 0.5) is 0 Å². The molecule has 3 aliphatic rings. The quantitative estimate of drug-likeness (QED) is 0.728. The predicted molar refractivity (Wildman–Crippen MR) is 120 cm³/mol. The van der Waals surface area contributed by atoms with Crippen molar-refractivity contribution in [2.45, 2.75) is 84.3 Å². The highest BCUT2D eigenvalue weighted by Gasteiger charge is 2.52. The lowest BCUT2D eigenvalue weighted by Crippen LogP contribution is -2.38. The number of aromatic nitrogens is 1.